The normalized spacial score (nSPS) is 12.0. The van der Waals surface area contributed by atoms with Gasteiger partial charge in [-0.3, -0.25) is 4.98 Å². The number of aliphatic hydroxyl groups is 1. The molecule has 0 aliphatic carbocycles. The first kappa shape index (κ1) is 20.4. The van der Waals surface area contributed by atoms with E-state index in [0.29, 0.717) is 0 Å². The second kappa shape index (κ2) is 7.45. The van der Waals surface area contributed by atoms with Gasteiger partial charge in [0.25, 0.3) is 0 Å². The molecule has 0 saturated heterocycles. The van der Waals surface area contributed by atoms with Gasteiger partial charge in [0, 0.05) is 33.5 Å². The number of hydrogen-bond donors (Lipinski definition) is 1. The molecule has 0 aliphatic heterocycles. The van der Waals surface area contributed by atoms with Crippen LogP contribution in [0.25, 0.3) is 27.5 Å². The number of methoxy groups -OCH3 is 2. The van der Waals surface area contributed by atoms with Crippen LogP contribution in [-0.2, 0) is 6.61 Å². The lowest BCUT2D eigenvalue weighted by Crippen LogP contribution is -2.44. The molecule has 0 spiro atoms. The Balaban J connectivity index is 2.25. The fraction of sp³-hybridized carbons (Fsp3) is 0.292. The summed E-state index contributed by atoms with van der Waals surface area (Å²) in [6.45, 7) is 9.01. The van der Waals surface area contributed by atoms with Gasteiger partial charge in [0.15, 0.2) is 0 Å². The minimum atomic E-state index is -1.85. The molecule has 0 amide bonds. The quantitative estimate of drug-likeness (QED) is 0.482. The van der Waals surface area contributed by atoms with Crippen LogP contribution in [-0.4, -0.2) is 37.0 Å². The largest absolute Gasteiger partial charge is 0.497 e. The molecule has 2 aromatic carbocycles. The molecule has 0 fully saturated rings. The predicted octanol–water partition coefficient (Wildman–Crippen LogP) is 4.54. The van der Waals surface area contributed by atoms with Crippen molar-refractivity contribution >= 4 is 35.2 Å². The number of aliphatic hydroxyl groups excluding tert-OH is 1. The van der Waals surface area contributed by atoms with Crippen LogP contribution in [0.4, 0.5) is 0 Å². The highest BCUT2D eigenvalue weighted by atomic mass is 28.3. The Kier molecular flexibility index (Phi) is 5.08. The standard InChI is InChI=1S/C24H28N2O3Si/c1-15-12-16(28-2)10-11-20(15)26-23-17-8-7-9-21(29-3)22(17)25-13-18(23)19(14-27)24(26)30(4,5)6/h7-13,27H,14H2,1-6H3. The Morgan fingerprint density at radius 1 is 1.03 bits per heavy atom. The van der Waals surface area contributed by atoms with E-state index in [9.17, 15) is 5.11 Å². The van der Waals surface area contributed by atoms with Gasteiger partial charge < -0.3 is 19.1 Å². The zero-order chi connectivity index (χ0) is 21.6. The monoisotopic (exact) mass is 420 g/mol. The molecule has 4 aromatic rings. The maximum atomic E-state index is 10.4. The number of ether oxygens (including phenoxy) is 2. The molecule has 0 saturated carbocycles. The highest BCUT2D eigenvalue weighted by Gasteiger charge is 2.30. The Labute approximate surface area is 177 Å². The van der Waals surface area contributed by atoms with E-state index < -0.39 is 8.07 Å². The highest BCUT2D eigenvalue weighted by Crippen LogP contribution is 2.35. The molecule has 6 heteroatoms. The summed E-state index contributed by atoms with van der Waals surface area (Å²) in [5.74, 6) is 1.58. The second-order valence-electron chi connectivity index (χ2n) is 8.60. The third-order valence-corrected chi connectivity index (χ3v) is 7.57. The number of benzene rings is 2. The minimum Gasteiger partial charge on any atom is -0.497 e. The average molecular weight is 421 g/mol. The van der Waals surface area contributed by atoms with E-state index in [1.165, 1.54) is 5.32 Å². The summed E-state index contributed by atoms with van der Waals surface area (Å²) < 4.78 is 13.3. The lowest BCUT2D eigenvalue weighted by atomic mass is 10.1. The molecule has 0 atom stereocenters. The summed E-state index contributed by atoms with van der Waals surface area (Å²) in [4.78, 5) is 4.71. The van der Waals surface area contributed by atoms with Gasteiger partial charge >= 0.3 is 0 Å². The Hall–Kier alpha value is -2.83. The number of aryl methyl sites for hydroxylation is 1. The molecule has 0 bridgehead atoms. The third kappa shape index (κ3) is 3.07. The number of aromatic nitrogens is 2. The summed E-state index contributed by atoms with van der Waals surface area (Å²) in [5, 5.41) is 13.6. The smallest absolute Gasteiger partial charge is 0.145 e. The van der Waals surface area contributed by atoms with E-state index in [1.54, 1.807) is 14.2 Å². The van der Waals surface area contributed by atoms with E-state index in [1.807, 2.05) is 24.4 Å². The van der Waals surface area contributed by atoms with Crippen molar-refractivity contribution in [2.75, 3.05) is 14.2 Å². The molecular formula is C24H28N2O3Si. The van der Waals surface area contributed by atoms with Gasteiger partial charge in [0.2, 0.25) is 0 Å². The molecule has 0 unspecified atom stereocenters. The lowest BCUT2D eigenvalue weighted by molar-refractivity contribution is 0.284. The fourth-order valence-electron chi connectivity index (χ4n) is 4.38. The minimum absolute atomic E-state index is 0.0184. The van der Waals surface area contributed by atoms with Crippen molar-refractivity contribution in [2.24, 2.45) is 0 Å². The van der Waals surface area contributed by atoms with Crippen molar-refractivity contribution in [3.05, 3.63) is 53.7 Å². The number of para-hydroxylation sites is 1. The van der Waals surface area contributed by atoms with E-state index in [-0.39, 0.29) is 6.61 Å². The number of rotatable bonds is 5. The average Bonchev–Trinajstić information content (AvgIpc) is 3.08. The van der Waals surface area contributed by atoms with Gasteiger partial charge in [-0.05, 0) is 36.8 Å². The number of pyridine rings is 1. The first-order valence-corrected chi connectivity index (χ1v) is 13.6. The molecule has 2 heterocycles. The molecule has 1 N–H and O–H groups in total. The summed E-state index contributed by atoms with van der Waals surface area (Å²) >= 11 is 0. The van der Waals surface area contributed by atoms with E-state index in [0.717, 1.165) is 50.1 Å². The van der Waals surface area contributed by atoms with Crippen molar-refractivity contribution in [3.63, 3.8) is 0 Å². The van der Waals surface area contributed by atoms with Crippen molar-refractivity contribution in [3.8, 4) is 17.2 Å². The zero-order valence-corrected chi connectivity index (χ0v) is 19.4. The summed E-state index contributed by atoms with van der Waals surface area (Å²) in [6, 6.07) is 12.2. The van der Waals surface area contributed by atoms with Gasteiger partial charge in [0.1, 0.15) is 17.0 Å². The van der Waals surface area contributed by atoms with E-state index in [4.69, 9.17) is 14.5 Å². The van der Waals surface area contributed by atoms with Crippen LogP contribution in [0.5, 0.6) is 11.5 Å². The molecule has 0 aliphatic rings. The Morgan fingerprint density at radius 3 is 2.40 bits per heavy atom. The Bertz CT molecular complexity index is 1260. The highest BCUT2D eigenvalue weighted by molar-refractivity contribution is 6.89. The number of fused-ring (bicyclic) bond motifs is 3. The molecule has 5 nitrogen and oxygen atoms in total. The van der Waals surface area contributed by atoms with Crippen LogP contribution in [0.15, 0.2) is 42.6 Å². The maximum Gasteiger partial charge on any atom is 0.145 e. The topological polar surface area (TPSA) is 56.5 Å². The predicted molar refractivity (Wildman–Crippen MR) is 125 cm³/mol. The van der Waals surface area contributed by atoms with Crippen LogP contribution < -0.4 is 14.8 Å². The van der Waals surface area contributed by atoms with Crippen LogP contribution in [0, 0.1) is 6.92 Å². The number of hydrogen-bond acceptors (Lipinski definition) is 4. The van der Waals surface area contributed by atoms with Crippen LogP contribution in [0.3, 0.4) is 0 Å². The summed E-state index contributed by atoms with van der Waals surface area (Å²) in [6.07, 6.45) is 1.88. The van der Waals surface area contributed by atoms with Crippen molar-refractivity contribution in [1.82, 2.24) is 9.55 Å². The van der Waals surface area contributed by atoms with E-state index in [2.05, 4.69) is 49.3 Å². The molecular weight excluding hydrogens is 392 g/mol. The molecule has 156 valence electrons. The molecule has 30 heavy (non-hydrogen) atoms. The van der Waals surface area contributed by atoms with Crippen molar-refractivity contribution in [1.29, 1.82) is 0 Å². The van der Waals surface area contributed by atoms with Crippen molar-refractivity contribution in [2.45, 2.75) is 33.2 Å². The van der Waals surface area contributed by atoms with Gasteiger partial charge in [-0.1, -0.05) is 31.8 Å². The van der Waals surface area contributed by atoms with Gasteiger partial charge in [0.05, 0.1) is 34.4 Å². The maximum absolute atomic E-state index is 10.4. The van der Waals surface area contributed by atoms with E-state index >= 15 is 0 Å². The SMILES string of the molecule is COc1ccc(-n2c([Si](C)(C)C)c(CO)c3cnc4c(OC)cccc4c32)c(C)c1. The Morgan fingerprint density at radius 2 is 1.80 bits per heavy atom. The first-order chi connectivity index (χ1) is 14.3. The fourth-order valence-corrected chi connectivity index (χ4v) is 6.40. The van der Waals surface area contributed by atoms with Crippen molar-refractivity contribution < 1.29 is 14.6 Å². The lowest BCUT2D eigenvalue weighted by Gasteiger charge is -2.24. The van der Waals surface area contributed by atoms with Gasteiger partial charge in [-0.15, -0.1) is 0 Å². The van der Waals surface area contributed by atoms with Gasteiger partial charge in [-0.2, -0.15) is 0 Å². The molecule has 0 radical (unpaired) electrons. The number of nitrogens with zero attached hydrogens (tertiary/aromatic N) is 2. The molecule has 4 rings (SSSR count). The second-order valence-corrected chi connectivity index (χ2v) is 13.6. The van der Waals surface area contributed by atoms with Crippen LogP contribution in [0.2, 0.25) is 19.6 Å². The zero-order valence-electron chi connectivity index (χ0n) is 18.4. The van der Waals surface area contributed by atoms with Gasteiger partial charge in [-0.25, -0.2) is 0 Å². The molecule has 2 aromatic heterocycles. The van der Waals surface area contributed by atoms with Crippen LogP contribution in [0.1, 0.15) is 11.1 Å². The summed E-state index contributed by atoms with van der Waals surface area (Å²) in [5.41, 5.74) is 5.06. The first-order valence-electron chi connectivity index (χ1n) is 10.1. The third-order valence-electron chi connectivity index (χ3n) is 5.62. The summed E-state index contributed by atoms with van der Waals surface area (Å²) in [7, 11) is 1.50. The van der Waals surface area contributed by atoms with Crippen LogP contribution >= 0.6 is 0 Å².